The summed E-state index contributed by atoms with van der Waals surface area (Å²) in [5.41, 5.74) is 3.32. The summed E-state index contributed by atoms with van der Waals surface area (Å²) in [6.07, 6.45) is 7.50. The highest BCUT2D eigenvalue weighted by atomic mass is 35.5. The normalized spacial score (nSPS) is 14.5. The molecule has 0 unspecified atom stereocenters. The fourth-order valence-electron chi connectivity index (χ4n) is 2.05. The number of rotatable bonds is 1. The zero-order valence-corrected chi connectivity index (χ0v) is 10.2. The van der Waals surface area contributed by atoms with Crippen molar-refractivity contribution in [1.29, 1.82) is 0 Å². The minimum Gasteiger partial charge on any atom is -0.370 e. The topological polar surface area (TPSA) is 21.1 Å². The Morgan fingerprint density at radius 3 is 3.00 bits per heavy atom. The molecule has 3 rings (SSSR count). The van der Waals surface area contributed by atoms with Gasteiger partial charge in [0.1, 0.15) is 0 Å². The van der Waals surface area contributed by atoms with Crippen molar-refractivity contribution in [2.45, 2.75) is 0 Å². The van der Waals surface area contributed by atoms with Crippen LogP contribution in [0.3, 0.4) is 0 Å². The number of benzene rings is 1. The molecule has 0 fully saturated rings. The molecule has 4 heteroatoms. The summed E-state index contributed by atoms with van der Waals surface area (Å²) in [5, 5.41) is 0.820. The maximum atomic E-state index is 6.26. The van der Waals surface area contributed by atoms with Crippen LogP contribution in [0.15, 0.2) is 43.0 Å². The van der Waals surface area contributed by atoms with Crippen molar-refractivity contribution in [2.24, 2.45) is 0 Å². The van der Waals surface area contributed by atoms with E-state index in [0.717, 1.165) is 22.8 Å². The summed E-state index contributed by atoms with van der Waals surface area (Å²) in [4.78, 5) is 6.23. The lowest BCUT2D eigenvalue weighted by atomic mass is 10.1. The molecule has 0 bridgehead atoms. The second-order valence-corrected chi connectivity index (χ2v) is 4.51. The van der Waals surface area contributed by atoms with Crippen molar-refractivity contribution in [1.82, 2.24) is 9.55 Å². The molecule has 3 nitrogen and oxygen atoms in total. The lowest BCUT2D eigenvalue weighted by molar-refractivity contribution is 1.01. The molecular formula is C13H12ClN3. The molecule has 1 aliphatic rings. The quantitative estimate of drug-likeness (QED) is 0.770. The van der Waals surface area contributed by atoms with Crippen molar-refractivity contribution < 1.29 is 0 Å². The Morgan fingerprint density at radius 1 is 1.35 bits per heavy atom. The maximum Gasteiger partial charge on any atom is 0.0991 e. The van der Waals surface area contributed by atoms with Crippen LogP contribution in [0.1, 0.15) is 5.56 Å². The van der Waals surface area contributed by atoms with Crippen LogP contribution in [0.25, 0.3) is 10.7 Å². The number of imidazole rings is 1. The molecule has 86 valence electrons. The molecule has 0 spiro atoms. The number of likely N-dealkylation sites (N-methyl/N-ethyl adjacent to an activating group) is 1. The van der Waals surface area contributed by atoms with E-state index < -0.39 is 0 Å². The number of anilines is 1. The first-order valence-electron chi connectivity index (χ1n) is 5.45. The zero-order chi connectivity index (χ0) is 11.8. The third kappa shape index (κ3) is 1.72. The molecule has 0 saturated heterocycles. The summed E-state index contributed by atoms with van der Waals surface area (Å²) in [7, 11) is 2.07. The van der Waals surface area contributed by atoms with Gasteiger partial charge >= 0.3 is 0 Å². The second-order valence-electron chi connectivity index (χ2n) is 4.10. The van der Waals surface area contributed by atoms with E-state index in [4.69, 9.17) is 11.6 Å². The Kier molecular flexibility index (Phi) is 2.41. The molecule has 2 heterocycles. The number of hydrogen-bond donors (Lipinski definition) is 0. The fourth-order valence-corrected chi connectivity index (χ4v) is 2.27. The van der Waals surface area contributed by atoms with Crippen LogP contribution >= 0.6 is 11.6 Å². The zero-order valence-electron chi connectivity index (χ0n) is 9.47. The number of fused-ring (bicyclic) bond motifs is 1. The van der Waals surface area contributed by atoms with Gasteiger partial charge in [0.15, 0.2) is 0 Å². The molecular weight excluding hydrogens is 234 g/mol. The Labute approximate surface area is 105 Å². The summed E-state index contributed by atoms with van der Waals surface area (Å²) >= 11 is 6.26. The van der Waals surface area contributed by atoms with Gasteiger partial charge in [-0.25, -0.2) is 4.98 Å². The highest BCUT2D eigenvalue weighted by Gasteiger charge is 2.15. The average Bonchev–Trinajstić information content (AvgIpc) is 2.87. The van der Waals surface area contributed by atoms with Crippen molar-refractivity contribution in [3.05, 3.63) is 48.6 Å². The highest BCUT2D eigenvalue weighted by Crippen LogP contribution is 2.34. The van der Waals surface area contributed by atoms with Crippen LogP contribution in [0, 0.1) is 0 Å². The molecule has 17 heavy (non-hydrogen) atoms. The molecule has 0 N–H and O–H groups in total. The molecule has 0 aliphatic carbocycles. The van der Waals surface area contributed by atoms with Crippen molar-refractivity contribution in [2.75, 3.05) is 18.5 Å². The van der Waals surface area contributed by atoms with E-state index in [0.29, 0.717) is 0 Å². The van der Waals surface area contributed by atoms with E-state index in [9.17, 15) is 0 Å². The molecule has 1 aromatic heterocycles. The molecule has 0 radical (unpaired) electrons. The Morgan fingerprint density at radius 2 is 2.24 bits per heavy atom. The van der Waals surface area contributed by atoms with Gasteiger partial charge in [0.05, 0.1) is 6.33 Å². The van der Waals surface area contributed by atoms with E-state index in [1.54, 1.807) is 12.5 Å². The molecule has 2 aromatic rings. The van der Waals surface area contributed by atoms with Gasteiger partial charge in [-0.1, -0.05) is 11.6 Å². The van der Waals surface area contributed by atoms with Gasteiger partial charge in [-0.05, 0) is 24.3 Å². The first-order chi connectivity index (χ1) is 8.25. The predicted octanol–water partition coefficient (Wildman–Crippen LogP) is 2.90. The molecule has 0 saturated carbocycles. The number of halogens is 1. The fraction of sp³-hybridized carbons (Fsp3) is 0.154. The third-order valence-corrected chi connectivity index (χ3v) is 3.35. The van der Waals surface area contributed by atoms with Crippen LogP contribution in [-0.4, -0.2) is 23.1 Å². The highest BCUT2D eigenvalue weighted by molar-refractivity contribution is 6.49. The van der Waals surface area contributed by atoms with Gasteiger partial charge < -0.3 is 9.47 Å². The van der Waals surface area contributed by atoms with Crippen molar-refractivity contribution in [3.8, 4) is 5.69 Å². The number of hydrogen-bond acceptors (Lipinski definition) is 2. The summed E-state index contributed by atoms with van der Waals surface area (Å²) in [6.45, 7) is 0.857. The average molecular weight is 246 g/mol. The monoisotopic (exact) mass is 245 g/mol. The minimum absolute atomic E-state index is 0.820. The lowest BCUT2D eigenvalue weighted by Gasteiger charge is -2.25. The first kappa shape index (κ1) is 10.4. The predicted molar refractivity (Wildman–Crippen MR) is 70.7 cm³/mol. The summed E-state index contributed by atoms with van der Waals surface area (Å²) < 4.78 is 1.97. The van der Waals surface area contributed by atoms with Gasteiger partial charge in [-0.15, -0.1) is 0 Å². The third-order valence-electron chi connectivity index (χ3n) is 3.00. The molecule has 1 aliphatic heterocycles. The number of nitrogens with zero attached hydrogens (tertiary/aromatic N) is 3. The van der Waals surface area contributed by atoms with E-state index in [-0.39, 0.29) is 0 Å². The SMILES string of the molecule is CN1CC=C(Cl)c2cc(-n3ccnc3)ccc21. The van der Waals surface area contributed by atoms with Crippen molar-refractivity contribution in [3.63, 3.8) is 0 Å². The van der Waals surface area contributed by atoms with Crippen LogP contribution in [0.4, 0.5) is 5.69 Å². The van der Waals surface area contributed by atoms with Crippen molar-refractivity contribution >= 4 is 22.3 Å². The largest absolute Gasteiger partial charge is 0.370 e. The second kappa shape index (κ2) is 3.93. The van der Waals surface area contributed by atoms with Gasteiger partial charge in [0, 0.05) is 48.0 Å². The standard InChI is InChI=1S/C13H12ClN3/c1-16-6-4-12(14)11-8-10(2-3-13(11)16)17-7-5-15-9-17/h2-5,7-9H,6H2,1H3. The summed E-state index contributed by atoms with van der Waals surface area (Å²) in [5.74, 6) is 0. The Bertz CT molecular complexity index is 572. The van der Waals surface area contributed by atoms with Crippen LogP contribution in [-0.2, 0) is 0 Å². The maximum absolute atomic E-state index is 6.26. The van der Waals surface area contributed by atoms with E-state index in [1.807, 2.05) is 16.8 Å². The number of aromatic nitrogens is 2. The lowest BCUT2D eigenvalue weighted by Crippen LogP contribution is -2.21. The van der Waals surface area contributed by atoms with E-state index >= 15 is 0 Å². The van der Waals surface area contributed by atoms with Crippen LogP contribution < -0.4 is 4.90 Å². The summed E-state index contributed by atoms with van der Waals surface area (Å²) in [6, 6.07) is 6.26. The molecule has 0 amide bonds. The van der Waals surface area contributed by atoms with Gasteiger partial charge in [0.25, 0.3) is 0 Å². The first-order valence-corrected chi connectivity index (χ1v) is 5.83. The van der Waals surface area contributed by atoms with Gasteiger partial charge in [0.2, 0.25) is 0 Å². The van der Waals surface area contributed by atoms with Gasteiger partial charge in [-0.2, -0.15) is 0 Å². The Hall–Kier alpha value is -1.74. The van der Waals surface area contributed by atoms with E-state index in [1.165, 1.54) is 5.69 Å². The van der Waals surface area contributed by atoms with E-state index in [2.05, 4.69) is 35.1 Å². The molecule has 1 aromatic carbocycles. The minimum atomic E-state index is 0.820. The van der Waals surface area contributed by atoms with Gasteiger partial charge in [-0.3, -0.25) is 0 Å². The van der Waals surface area contributed by atoms with Crippen LogP contribution in [0.2, 0.25) is 0 Å². The Balaban J connectivity index is 2.14. The molecule has 0 atom stereocenters. The van der Waals surface area contributed by atoms with Crippen LogP contribution in [0.5, 0.6) is 0 Å². The smallest absolute Gasteiger partial charge is 0.0991 e.